The van der Waals surface area contributed by atoms with Gasteiger partial charge < -0.3 is 25.2 Å². The molecule has 1 aromatic carbocycles. The van der Waals surface area contributed by atoms with Crippen LogP contribution in [-0.2, 0) is 16.1 Å². The SMILES string of the molecule is COC(=S)NCc1cn(-c2ccc(C3=CCN(C(=O)C(O)CO)CC3)c(F)c2)nn1. The third-order valence-electron chi connectivity index (χ3n) is 4.68. The summed E-state index contributed by atoms with van der Waals surface area (Å²) >= 11 is 4.90. The topological polar surface area (TPSA) is 113 Å². The molecular formula is C19H22FN5O4S. The van der Waals surface area contributed by atoms with Crippen molar-refractivity contribution in [3.05, 3.63) is 47.5 Å². The quantitative estimate of drug-likeness (QED) is 0.559. The lowest BCUT2D eigenvalue weighted by molar-refractivity contribution is -0.141. The van der Waals surface area contributed by atoms with Gasteiger partial charge in [-0.25, -0.2) is 9.07 Å². The summed E-state index contributed by atoms with van der Waals surface area (Å²) in [5.74, 6) is -0.948. The highest BCUT2D eigenvalue weighted by Gasteiger charge is 2.24. The van der Waals surface area contributed by atoms with Crippen LogP contribution in [0, 0.1) is 5.82 Å². The molecule has 0 saturated heterocycles. The molecule has 0 fully saturated rings. The van der Waals surface area contributed by atoms with Gasteiger partial charge in [0, 0.05) is 24.7 Å². The van der Waals surface area contributed by atoms with Crippen LogP contribution in [0.25, 0.3) is 11.3 Å². The van der Waals surface area contributed by atoms with Crippen LogP contribution in [0.2, 0.25) is 0 Å². The van der Waals surface area contributed by atoms with Crippen LogP contribution in [0.5, 0.6) is 0 Å². The summed E-state index contributed by atoms with van der Waals surface area (Å²) in [6.45, 7) is 0.294. The summed E-state index contributed by atoms with van der Waals surface area (Å²) in [5.41, 5.74) is 2.35. The van der Waals surface area contributed by atoms with E-state index in [0.29, 0.717) is 36.5 Å². The molecule has 1 aromatic heterocycles. The van der Waals surface area contributed by atoms with Crippen molar-refractivity contribution in [3.8, 4) is 5.69 Å². The Morgan fingerprint density at radius 1 is 1.47 bits per heavy atom. The van der Waals surface area contributed by atoms with E-state index in [-0.39, 0.29) is 11.7 Å². The molecule has 30 heavy (non-hydrogen) atoms. The van der Waals surface area contributed by atoms with Gasteiger partial charge in [-0.3, -0.25) is 4.79 Å². The van der Waals surface area contributed by atoms with E-state index in [1.807, 2.05) is 0 Å². The number of nitrogens with one attached hydrogen (secondary N) is 1. The van der Waals surface area contributed by atoms with Crippen LogP contribution in [0.3, 0.4) is 0 Å². The first-order valence-electron chi connectivity index (χ1n) is 9.23. The van der Waals surface area contributed by atoms with Gasteiger partial charge in [-0.15, -0.1) is 5.10 Å². The summed E-state index contributed by atoms with van der Waals surface area (Å²) in [6.07, 6.45) is 2.43. The molecule has 2 heterocycles. The Kier molecular flexibility index (Phi) is 7.08. The first-order chi connectivity index (χ1) is 14.4. The largest absolute Gasteiger partial charge is 0.474 e. The van der Waals surface area contributed by atoms with E-state index in [1.165, 1.54) is 22.8 Å². The smallest absolute Gasteiger partial charge is 0.256 e. The van der Waals surface area contributed by atoms with E-state index in [2.05, 4.69) is 15.6 Å². The molecule has 1 aliphatic rings. The normalized spacial score (nSPS) is 14.8. The predicted molar refractivity (Wildman–Crippen MR) is 110 cm³/mol. The molecule has 3 rings (SSSR count). The van der Waals surface area contributed by atoms with Gasteiger partial charge in [-0.2, -0.15) is 0 Å². The molecule has 2 aromatic rings. The Balaban J connectivity index is 1.69. The van der Waals surface area contributed by atoms with E-state index in [0.717, 1.165) is 5.57 Å². The third-order valence-corrected chi connectivity index (χ3v) is 4.99. The molecular weight excluding hydrogens is 413 g/mol. The molecule has 1 atom stereocenters. The molecule has 11 heteroatoms. The highest BCUT2D eigenvalue weighted by molar-refractivity contribution is 7.80. The van der Waals surface area contributed by atoms with Gasteiger partial charge in [-0.1, -0.05) is 11.3 Å². The Hall–Kier alpha value is -2.89. The Morgan fingerprint density at radius 2 is 2.27 bits per heavy atom. The molecule has 0 saturated carbocycles. The van der Waals surface area contributed by atoms with Crippen LogP contribution < -0.4 is 5.32 Å². The standard InChI is InChI=1S/C19H22FN5O4S/c1-29-19(30)21-9-13-10-25(23-22-13)14-2-3-15(16(20)8-14)12-4-6-24(7-5-12)18(28)17(27)11-26/h2-4,8,10,17,26-27H,5-7,9,11H2,1H3,(H,21,30). The minimum absolute atomic E-state index is 0.242. The second kappa shape index (κ2) is 9.74. The Bertz CT molecular complexity index is 964. The number of rotatable bonds is 6. The zero-order valence-electron chi connectivity index (χ0n) is 16.3. The van der Waals surface area contributed by atoms with Crippen LogP contribution >= 0.6 is 12.2 Å². The first-order valence-corrected chi connectivity index (χ1v) is 9.63. The number of aromatic nitrogens is 3. The number of benzene rings is 1. The van der Waals surface area contributed by atoms with Crippen molar-refractivity contribution in [2.45, 2.75) is 19.1 Å². The van der Waals surface area contributed by atoms with Gasteiger partial charge in [0.15, 0.2) is 6.10 Å². The highest BCUT2D eigenvalue weighted by Crippen LogP contribution is 2.26. The molecule has 1 aliphatic heterocycles. The number of hydrogen-bond acceptors (Lipinski definition) is 7. The fourth-order valence-electron chi connectivity index (χ4n) is 3.05. The van der Waals surface area contributed by atoms with Gasteiger partial charge in [0.05, 0.1) is 32.1 Å². The number of ether oxygens (including phenoxy) is 1. The van der Waals surface area contributed by atoms with Crippen LogP contribution in [0.1, 0.15) is 17.7 Å². The zero-order chi connectivity index (χ0) is 21.7. The van der Waals surface area contributed by atoms with Gasteiger partial charge in [0.1, 0.15) is 11.5 Å². The number of nitrogens with zero attached hydrogens (tertiary/aromatic N) is 4. The molecule has 0 aliphatic carbocycles. The minimum atomic E-state index is -1.43. The van der Waals surface area contributed by atoms with Crippen LogP contribution in [0.4, 0.5) is 4.39 Å². The highest BCUT2D eigenvalue weighted by atomic mass is 32.1. The average Bonchev–Trinajstić information content (AvgIpc) is 3.25. The molecule has 0 spiro atoms. The van der Waals surface area contributed by atoms with E-state index in [9.17, 15) is 14.3 Å². The maximum absolute atomic E-state index is 14.8. The second-order valence-corrected chi connectivity index (χ2v) is 7.00. The van der Waals surface area contributed by atoms with Crippen LogP contribution in [-0.4, -0.2) is 74.1 Å². The van der Waals surface area contributed by atoms with Gasteiger partial charge in [0.25, 0.3) is 11.1 Å². The summed E-state index contributed by atoms with van der Waals surface area (Å²) in [6, 6.07) is 4.77. The number of halogens is 1. The lowest BCUT2D eigenvalue weighted by Gasteiger charge is -2.28. The predicted octanol–water partition coefficient (Wildman–Crippen LogP) is 0.396. The van der Waals surface area contributed by atoms with E-state index in [1.54, 1.807) is 24.4 Å². The van der Waals surface area contributed by atoms with Crippen molar-refractivity contribution >= 4 is 28.9 Å². The molecule has 0 bridgehead atoms. The molecule has 1 amide bonds. The van der Waals surface area contributed by atoms with E-state index >= 15 is 0 Å². The second-order valence-electron chi connectivity index (χ2n) is 6.63. The lowest BCUT2D eigenvalue weighted by atomic mass is 9.98. The third kappa shape index (κ3) is 4.99. The van der Waals surface area contributed by atoms with Crippen molar-refractivity contribution in [3.63, 3.8) is 0 Å². The number of aliphatic hydroxyl groups excluding tert-OH is 2. The number of carbonyl (C=O) groups is 1. The minimum Gasteiger partial charge on any atom is -0.474 e. The van der Waals surface area contributed by atoms with Crippen molar-refractivity contribution in [1.82, 2.24) is 25.2 Å². The summed E-state index contributed by atoms with van der Waals surface area (Å²) in [4.78, 5) is 13.3. The average molecular weight is 435 g/mol. The summed E-state index contributed by atoms with van der Waals surface area (Å²) < 4.78 is 21.1. The molecule has 1 unspecified atom stereocenters. The van der Waals surface area contributed by atoms with E-state index < -0.39 is 24.4 Å². The number of carbonyl (C=O) groups excluding carboxylic acids is 1. The van der Waals surface area contributed by atoms with Gasteiger partial charge in [0.2, 0.25) is 0 Å². The maximum atomic E-state index is 14.8. The van der Waals surface area contributed by atoms with Crippen molar-refractivity contribution in [1.29, 1.82) is 0 Å². The molecule has 9 nitrogen and oxygen atoms in total. The van der Waals surface area contributed by atoms with Crippen molar-refractivity contribution in [2.75, 3.05) is 26.8 Å². The summed E-state index contributed by atoms with van der Waals surface area (Å²) in [5, 5.41) is 29.5. The fourth-order valence-corrected chi connectivity index (χ4v) is 3.12. The maximum Gasteiger partial charge on any atom is 0.256 e. The lowest BCUT2D eigenvalue weighted by Crippen LogP contribution is -2.42. The van der Waals surface area contributed by atoms with E-state index in [4.69, 9.17) is 22.1 Å². The Labute approximate surface area is 177 Å². The fraction of sp³-hybridized carbons (Fsp3) is 0.368. The molecule has 3 N–H and O–H groups in total. The molecule has 0 radical (unpaired) electrons. The number of aliphatic hydroxyl groups is 2. The van der Waals surface area contributed by atoms with Gasteiger partial charge in [-0.05, 0) is 36.3 Å². The van der Waals surface area contributed by atoms with Crippen molar-refractivity contribution in [2.24, 2.45) is 0 Å². The number of thiocarbonyl (C=S) groups is 1. The first kappa shape index (κ1) is 21.8. The van der Waals surface area contributed by atoms with Crippen molar-refractivity contribution < 1.29 is 24.1 Å². The van der Waals surface area contributed by atoms with Gasteiger partial charge >= 0.3 is 0 Å². The van der Waals surface area contributed by atoms with Crippen LogP contribution in [0.15, 0.2) is 30.5 Å². The zero-order valence-corrected chi connectivity index (χ0v) is 17.1. The summed E-state index contributed by atoms with van der Waals surface area (Å²) in [7, 11) is 1.46. The molecule has 160 valence electrons. The number of amides is 1. The Morgan fingerprint density at radius 3 is 2.90 bits per heavy atom. The number of hydrogen-bond donors (Lipinski definition) is 3. The number of methoxy groups -OCH3 is 1. The monoisotopic (exact) mass is 435 g/mol.